The third-order valence-corrected chi connectivity index (χ3v) is 5.02. The number of rotatable bonds is 5. The minimum absolute atomic E-state index is 0.109. The minimum Gasteiger partial charge on any atom is -0.396 e. The average Bonchev–Trinajstić information content (AvgIpc) is 2.32. The van der Waals surface area contributed by atoms with Crippen molar-refractivity contribution in [1.29, 1.82) is 0 Å². The largest absolute Gasteiger partial charge is 0.396 e. The zero-order valence-corrected chi connectivity index (χ0v) is 11.6. The van der Waals surface area contributed by atoms with E-state index in [0.29, 0.717) is 6.42 Å². The van der Waals surface area contributed by atoms with Gasteiger partial charge in [0, 0.05) is 5.69 Å². The first kappa shape index (κ1) is 15.4. The molecule has 1 aromatic rings. The molecule has 1 rings (SSSR count). The number of nitrogens with one attached hydrogen (secondary N) is 1. The summed E-state index contributed by atoms with van der Waals surface area (Å²) in [7, 11) is -3.47. The Morgan fingerprint density at radius 1 is 1.47 bits per heavy atom. The monoisotopic (exact) mass is 288 g/mol. The Hall–Kier alpha value is -1.63. The first-order chi connectivity index (χ1) is 8.76. The van der Waals surface area contributed by atoms with Crippen molar-refractivity contribution in [2.75, 3.05) is 16.8 Å². The number of anilines is 2. The maximum absolute atomic E-state index is 12.9. The number of amides is 1. The van der Waals surface area contributed by atoms with E-state index in [-0.39, 0.29) is 11.4 Å². The van der Waals surface area contributed by atoms with Gasteiger partial charge in [-0.15, -0.1) is 0 Å². The van der Waals surface area contributed by atoms with E-state index >= 15 is 0 Å². The van der Waals surface area contributed by atoms with Gasteiger partial charge in [0.05, 0.1) is 10.9 Å². The number of carbonyl (C=O) groups excluding carboxylic acids is 1. The SMILES string of the molecule is CCC(C)S(=O)(=O)CC(=O)Nc1ccc(F)c(N)c1. The number of hydrogen-bond donors (Lipinski definition) is 2. The molecule has 106 valence electrons. The van der Waals surface area contributed by atoms with Crippen molar-refractivity contribution in [3.05, 3.63) is 24.0 Å². The normalized spacial score (nSPS) is 13.0. The molecule has 1 amide bonds. The zero-order valence-electron chi connectivity index (χ0n) is 10.8. The summed E-state index contributed by atoms with van der Waals surface area (Å²) in [5.41, 5.74) is 5.51. The van der Waals surface area contributed by atoms with Crippen LogP contribution in [0, 0.1) is 5.82 Å². The van der Waals surface area contributed by atoms with E-state index in [2.05, 4.69) is 5.32 Å². The summed E-state index contributed by atoms with van der Waals surface area (Å²) in [5.74, 6) is -1.85. The van der Waals surface area contributed by atoms with Gasteiger partial charge in [0.2, 0.25) is 5.91 Å². The Morgan fingerprint density at radius 2 is 2.11 bits per heavy atom. The average molecular weight is 288 g/mol. The fourth-order valence-corrected chi connectivity index (χ4v) is 2.63. The fraction of sp³-hybridized carbons (Fsp3) is 0.417. The summed E-state index contributed by atoms with van der Waals surface area (Å²) < 4.78 is 36.4. The molecule has 3 N–H and O–H groups in total. The van der Waals surface area contributed by atoms with Crippen LogP contribution in [0.25, 0.3) is 0 Å². The first-order valence-corrected chi connectivity index (χ1v) is 7.54. The third-order valence-electron chi connectivity index (χ3n) is 2.80. The van der Waals surface area contributed by atoms with Crippen LogP contribution in [-0.2, 0) is 14.6 Å². The number of nitrogens with two attached hydrogens (primary N) is 1. The van der Waals surface area contributed by atoms with Gasteiger partial charge in [-0.25, -0.2) is 12.8 Å². The molecule has 1 unspecified atom stereocenters. The molecule has 0 aromatic heterocycles. The number of benzene rings is 1. The molecule has 0 aliphatic carbocycles. The smallest absolute Gasteiger partial charge is 0.239 e. The standard InChI is InChI=1S/C12H17FN2O3S/c1-3-8(2)19(17,18)7-12(16)15-9-4-5-10(13)11(14)6-9/h4-6,8H,3,7,14H2,1-2H3,(H,15,16). The molecule has 0 saturated heterocycles. The van der Waals surface area contributed by atoms with E-state index in [9.17, 15) is 17.6 Å². The van der Waals surface area contributed by atoms with Gasteiger partial charge in [-0.3, -0.25) is 4.79 Å². The summed E-state index contributed by atoms with van der Waals surface area (Å²) in [5, 5.41) is 1.81. The van der Waals surface area contributed by atoms with Gasteiger partial charge in [0.1, 0.15) is 11.6 Å². The van der Waals surface area contributed by atoms with Crippen molar-refractivity contribution < 1.29 is 17.6 Å². The van der Waals surface area contributed by atoms with Gasteiger partial charge in [-0.1, -0.05) is 6.92 Å². The van der Waals surface area contributed by atoms with Crippen LogP contribution in [0.2, 0.25) is 0 Å². The summed E-state index contributed by atoms with van der Waals surface area (Å²) in [6, 6.07) is 3.66. The lowest BCUT2D eigenvalue weighted by molar-refractivity contribution is -0.113. The molecule has 1 aromatic carbocycles. The molecule has 0 spiro atoms. The number of hydrogen-bond acceptors (Lipinski definition) is 4. The summed E-state index contributed by atoms with van der Waals surface area (Å²) in [4.78, 5) is 11.6. The molecule has 0 bridgehead atoms. The lowest BCUT2D eigenvalue weighted by atomic mass is 10.2. The predicted octanol–water partition coefficient (Wildman–Crippen LogP) is 1.56. The highest BCUT2D eigenvalue weighted by Crippen LogP contribution is 2.16. The second-order valence-electron chi connectivity index (χ2n) is 4.31. The predicted molar refractivity (Wildman–Crippen MR) is 73.0 cm³/mol. The highest BCUT2D eigenvalue weighted by molar-refractivity contribution is 7.92. The van der Waals surface area contributed by atoms with Crippen LogP contribution < -0.4 is 11.1 Å². The van der Waals surface area contributed by atoms with Gasteiger partial charge in [0.25, 0.3) is 0 Å². The first-order valence-electron chi connectivity index (χ1n) is 5.82. The molecule has 0 radical (unpaired) electrons. The quantitative estimate of drug-likeness (QED) is 0.805. The summed E-state index contributed by atoms with van der Waals surface area (Å²) in [6.07, 6.45) is 0.444. The fourth-order valence-electron chi connectivity index (χ4n) is 1.40. The maximum atomic E-state index is 12.9. The van der Waals surface area contributed by atoms with Gasteiger partial charge >= 0.3 is 0 Å². The van der Waals surface area contributed by atoms with Crippen LogP contribution >= 0.6 is 0 Å². The second-order valence-corrected chi connectivity index (χ2v) is 6.73. The van der Waals surface area contributed by atoms with Crippen molar-refractivity contribution in [3.63, 3.8) is 0 Å². The maximum Gasteiger partial charge on any atom is 0.239 e. The van der Waals surface area contributed by atoms with Crippen molar-refractivity contribution in [2.45, 2.75) is 25.5 Å². The Labute approximate surface area is 111 Å². The molecule has 0 saturated carbocycles. The van der Waals surface area contributed by atoms with Crippen molar-refractivity contribution in [1.82, 2.24) is 0 Å². The van der Waals surface area contributed by atoms with Gasteiger partial charge in [-0.2, -0.15) is 0 Å². The number of sulfone groups is 1. The zero-order chi connectivity index (χ0) is 14.6. The third kappa shape index (κ3) is 4.20. The molecule has 19 heavy (non-hydrogen) atoms. The van der Waals surface area contributed by atoms with Crippen LogP contribution in [-0.4, -0.2) is 25.3 Å². The Kier molecular flexibility index (Phi) is 4.88. The van der Waals surface area contributed by atoms with E-state index in [1.54, 1.807) is 13.8 Å². The molecule has 0 heterocycles. The second kappa shape index (κ2) is 6.01. The van der Waals surface area contributed by atoms with Crippen molar-refractivity contribution in [2.24, 2.45) is 0 Å². The molecular formula is C12H17FN2O3S. The number of halogens is 1. The molecule has 0 aliphatic heterocycles. The van der Waals surface area contributed by atoms with Crippen LogP contribution in [0.15, 0.2) is 18.2 Å². The number of carbonyl (C=O) groups is 1. The van der Waals surface area contributed by atoms with Crippen LogP contribution in [0.1, 0.15) is 20.3 Å². The topological polar surface area (TPSA) is 89.3 Å². The summed E-state index contributed by atoms with van der Waals surface area (Å²) >= 11 is 0. The molecule has 7 heteroatoms. The van der Waals surface area contributed by atoms with E-state index in [1.807, 2.05) is 0 Å². The van der Waals surface area contributed by atoms with Crippen molar-refractivity contribution in [3.8, 4) is 0 Å². The van der Waals surface area contributed by atoms with E-state index < -0.39 is 32.6 Å². The van der Waals surface area contributed by atoms with E-state index in [4.69, 9.17) is 5.73 Å². The van der Waals surface area contributed by atoms with Crippen LogP contribution in [0.4, 0.5) is 15.8 Å². The minimum atomic E-state index is -3.47. The highest BCUT2D eigenvalue weighted by atomic mass is 32.2. The van der Waals surface area contributed by atoms with Crippen LogP contribution in [0.3, 0.4) is 0 Å². The molecule has 1 atom stereocenters. The Morgan fingerprint density at radius 3 is 2.63 bits per heavy atom. The lowest BCUT2D eigenvalue weighted by Crippen LogP contribution is -2.29. The Bertz CT molecular complexity index is 572. The summed E-state index contributed by atoms with van der Waals surface area (Å²) in [6.45, 7) is 3.29. The molecule has 0 aliphatic rings. The van der Waals surface area contributed by atoms with Gasteiger partial charge in [-0.05, 0) is 31.5 Å². The van der Waals surface area contributed by atoms with Crippen molar-refractivity contribution >= 4 is 27.1 Å². The van der Waals surface area contributed by atoms with Crippen LogP contribution in [0.5, 0.6) is 0 Å². The lowest BCUT2D eigenvalue weighted by Gasteiger charge is -2.11. The highest BCUT2D eigenvalue weighted by Gasteiger charge is 2.22. The Balaban J connectivity index is 2.73. The molecule has 0 fully saturated rings. The van der Waals surface area contributed by atoms with E-state index in [1.165, 1.54) is 12.1 Å². The van der Waals surface area contributed by atoms with E-state index in [0.717, 1.165) is 6.07 Å². The molecule has 5 nitrogen and oxygen atoms in total. The molecular weight excluding hydrogens is 271 g/mol. The van der Waals surface area contributed by atoms with Gasteiger partial charge < -0.3 is 11.1 Å². The number of nitrogen functional groups attached to an aromatic ring is 1. The van der Waals surface area contributed by atoms with Gasteiger partial charge in [0.15, 0.2) is 9.84 Å².